The van der Waals surface area contributed by atoms with Crippen LogP contribution in [-0.2, 0) is 19.7 Å². The van der Waals surface area contributed by atoms with Gasteiger partial charge in [0.25, 0.3) is 0 Å². The van der Waals surface area contributed by atoms with Crippen molar-refractivity contribution < 1.29 is 19.4 Å². The number of carboxylic acid groups (broad SMARTS) is 1. The van der Waals surface area contributed by atoms with Gasteiger partial charge in [-0.15, -0.1) is 0 Å². The highest BCUT2D eigenvalue weighted by Crippen LogP contribution is 2.36. The number of hydrogen-bond donors (Lipinski definition) is 2. The molecule has 1 atom stereocenters. The normalized spacial score (nSPS) is 18.5. The molecule has 0 bridgehead atoms. The van der Waals surface area contributed by atoms with E-state index in [0.717, 1.165) is 5.56 Å². The van der Waals surface area contributed by atoms with Gasteiger partial charge in [-0.3, -0.25) is 9.59 Å². The zero-order valence-electron chi connectivity index (χ0n) is 12.5. The van der Waals surface area contributed by atoms with Crippen LogP contribution in [0.25, 0.3) is 0 Å². The quantitative estimate of drug-likeness (QED) is 0.871. The van der Waals surface area contributed by atoms with Gasteiger partial charge in [0.1, 0.15) is 0 Å². The van der Waals surface area contributed by atoms with Gasteiger partial charge < -0.3 is 15.2 Å². The summed E-state index contributed by atoms with van der Waals surface area (Å²) in [7, 11) is 0. The maximum absolute atomic E-state index is 12.8. The molecule has 1 aliphatic heterocycles. The van der Waals surface area contributed by atoms with Crippen LogP contribution in [0.5, 0.6) is 0 Å². The minimum atomic E-state index is -0.930. The Morgan fingerprint density at radius 3 is 2.45 bits per heavy atom. The lowest BCUT2D eigenvalue weighted by molar-refractivity contribution is -0.138. The van der Waals surface area contributed by atoms with Crippen LogP contribution >= 0.6 is 11.6 Å². The van der Waals surface area contributed by atoms with Crippen molar-refractivity contribution in [1.82, 2.24) is 5.32 Å². The number of halogens is 1. The Balaban J connectivity index is 2.23. The highest BCUT2D eigenvalue weighted by molar-refractivity contribution is 6.30. The molecular formula is C16H20ClNO4. The van der Waals surface area contributed by atoms with E-state index in [1.54, 1.807) is 19.1 Å². The fraction of sp³-hybridized carbons (Fsp3) is 0.500. The number of amides is 1. The van der Waals surface area contributed by atoms with Gasteiger partial charge in [-0.25, -0.2) is 0 Å². The summed E-state index contributed by atoms with van der Waals surface area (Å²) in [5, 5.41) is 12.3. The van der Waals surface area contributed by atoms with Crippen LogP contribution in [0.15, 0.2) is 24.3 Å². The largest absolute Gasteiger partial charge is 0.481 e. The van der Waals surface area contributed by atoms with Crippen LogP contribution in [0, 0.1) is 0 Å². The molecule has 0 aromatic heterocycles. The number of ether oxygens (including phenoxy) is 1. The first-order chi connectivity index (χ1) is 10.4. The zero-order valence-corrected chi connectivity index (χ0v) is 13.2. The van der Waals surface area contributed by atoms with E-state index in [1.165, 1.54) is 0 Å². The van der Waals surface area contributed by atoms with E-state index in [9.17, 15) is 9.59 Å². The number of aliphatic carboxylic acids is 1. The zero-order chi connectivity index (χ0) is 16.2. The van der Waals surface area contributed by atoms with Crippen molar-refractivity contribution in [2.45, 2.75) is 37.6 Å². The Morgan fingerprint density at radius 2 is 1.91 bits per heavy atom. The molecule has 120 valence electrons. The van der Waals surface area contributed by atoms with E-state index in [1.807, 2.05) is 12.1 Å². The molecule has 2 N–H and O–H groups in total. The Labute approximate surface area is 134 Å². The second kappa shape index (κ2) is 7.11. The molecule has 1 aromatic carbocycles. The fourth-order valence-corrected chi connectivity index (χ4v) is 2.94. The smallest absolute Gasteiger partial charge is 0.305 e. The number of benzene rings is 1. The average Bonchev–Trinajstić information content (AvgIpc) is 2.47. The SMILES string of the molecule is C[C@@H](CC(=O)O)NC(=O)C1(c2ccc(Cl)cc2)CCOCC1. The van der Waals surface area contributed by atoms with E-state index >= 15 is 0 Å². The first-order valence-corrected chi connectivity index (χ1v) is 7.68. The number of nitrogens with one attached hydrogen (secondary N) is 1. The van der Waals surface area contributed by atoms with Crippen molar-refractivity contribution in [3.63, 3.8) is 0 Å². The van der Waals surface area contributed by atoms with Crippen molar-refractivity contribution in [3.8, 4) is 0 Å². The number of carboxylic acids is 1. The minimum Gasteiger partial charge on any atom is -0.481 e. The van der Waals surface area contributed by atoms with E-state index in [0.29, 0.717) is 31.1 Å². The van der Waals surface area contributed by atoms with Crippen LogP contribution < -0.4 is 5.32 Å². The van der Waals surface area contributed by atoms with Crippen LogP contribution in [0.4, 0.5) is 0 Å². The van der Waals surface area contributed by atoms with Crippen molar-refractivity contribution >= 4 is 23.5 Å². The maximum Gasteiger partial charge on any atom is 0.305 e. The highest BCUT2D eigenvalue weighted by atomic mass is 35.5. The summed E-state index contributed by atoms with van der Waals surface area (Å²) in [5.74, 6) is -1.08. The van der Waals surface area contributed by atoms with Gasteiger partial charge in [0.15, 0.2) is 0 Å². The monoisotopic (exact) mass is 325 g/mol. The first kappa shape index (κ1) is 16.8. The third kappa shape index (κ3) is 3.78. The summed E-state index contributed by atoms with van der Waals surface area (Å²) in [4.78, 5) is 23.6. The lowest BCUT2D eigenvalue weighted by atomic mass is 9.73. The summed E-state index contributed by atoms with van der Waals surface area (Å²) < 4.78 is 5.39. The molecule has 22 heavy (non-hydrogen) atoms. The molecule has 1 aliphatic rings. The molecule has 1 amide bonds. The topological polar surface area (TPSA) is 75.6 Å². The van der Waals surface area contributed by atoms with Gasteiger partial charge in [0.05, 0.1) is 11.8 Å². The Hall–Kier alpha value is -1.59. The molecule has 0 saturated carbocycles. The molecule has 0 unspecified atom stereocenters. The summed E-state index contributed by atoms with van der Waals surface area (Å²) >= 11 is 5.93. The van der Waals surface area contributed by atoms with Crippen molar-refractivity contribution in [1.29, 1.82) is 0 Å². The lowest BCUT2D eigenvalue weighted by Crippen LogP contribution is -2.50. The molecule has 6 heteroatoms. The number of carbonyl (C=O) groups excluding carboxylic acids is 1. The van der Waals surface area contributed by atoms with Gasteiger partial charge in [0.2, 0.25) is 5.91 Å². The molecule has 0 spiro atoms. The molecule has 1 heterocycles. The first-order valence-electron chi connectivity index (χ1n) is 7.30. The Bertz CT molecular complexity index is 538. The van der Waals surface area contributed by atoms with Gasteiger partial charge in [-0.05, 0) is 37.5 Å². The third-order valence-corrected chi connectivity index (χ3v) is 4.29. The van der Waals surface area contributed by atoms with Crippen molar-refractivity contribution in [3.05, 3.63) is 34.9 Å². The van der Waals surface area contributed by atoms with E-state index in [4.69, 9.17) is 21.4 Å². The summed E-state index contributed by atoms with van der Waals surface area (Å²) in [6, 6.07) is 6.82. The molecule has 0 aliphatic carbocycles. The van der Waals surface area contributed by atoms with Crippen molar-refractivity contribution in [2.24, 2.45) is 0 Å². The van der Waals surface area contributed by atoms with Gasteiger partial charge in [-0.2, -0.15) is 0 Å². The number of rotatable bonds is 5. The Kier molecular flexibility index (Phi) is 5.42. The second-order valence-corrected chi connectivity index (χ2v) is 6.11. The van der Waals surface area contributed by atoms with Crippen molar-refractivity contribution in [2.75, 3.05) is 13.2 Å². The molecule has 1 saturated heterocycles. The predicted molar refractivity (Wildman–Crippen MR) is 83.0 cm³/mol. The second-order valence-electron chi connectivity index (χ2n) is 5.67. The van der Waals surface area contributed by atoms with Crippen LogP contribution in [0.1, 0.15) is 31.7 Å². The molecule has 5 nitrogen and oxygen atoms in total. The number of hydrogen-bond acceptors (Lipinski definition) is 3. The number of carbonyl (C=O) groups is 2. The average molecular weight is 326 g/mol. The van der Waals surface area contributed by atoms with E-state index < -0.39 is 17.4 Å². The van der Waals surface area contributed by atoms with Crippen LogP contribution in [-0.4, -0.2) is 36.2 Å². The maximum atomic E-state index is 12.8. The summed E-state index contributed by atoms with van der Waals surface area (Å²) in [6.45, 7) is 2.70. The van der Waals surface area contributed by atoms with Crippen LogP contribution in [0.3, 0.4) is 0 Å². The van der Waals surface area contributed by atoms with Gasteiger partial charge in [-0.1, -0.05) is 23.7 Å². The summed E-state index contributed by atoms with van der Waals surface area (Å²) in [5.41, 5.74) is 0.204. The predicted octanol–water partition coefficient (Wildman–Crippen LogP) is 2.37. The standard InChI is InChI=1S/C16H20ClNO4/c1-11(10-14(19)20)18-15(21)16(6-8-22-9-7-16)12-2-4-13(17)5-3-12/h2-5,11H,6-10H2,1H3,(H,18,21)(H,19,20)/t11-/m0/s1. The van der Waals surface area contributed by atoms with Crippen LogP contribution in [0.2, 0.25) is 5.02 Å². The lowest BCUT2D eigenvalue weighted by Gasteiger charge is -2.37. The molecule has 1 fully saturated rings. The molecule has 2 rings (SSSR count). The van der Waals surface area contributed by atoms with E-state index in [2.05, 4.69) is 5.32 Å². The molecular weight excluding hydrogens is 306 g/mol. The fourth-order valence-electron chi connectivity index (χ4n) is 2.81. The summed E-state index contributed by atoms with van der Waals surface area (Å²) in [6.07, 6.45) is 1.04. The third-order valence-electron chi connectivity index (χ3n) is 4.04. The Morgan fingerprint density at radius 1 is 1.32 bits per heavy atom. The highest BCUT2D eigenvalue weighted by Gasteiger charge is 2.42. The minimum absolute atomic E-state index is 0.0983. The van der Waals surface area contributed by atoms with E-state index in [-0.39, 0.29) is 12.3 Å². The molecule has 1 aromatic rings. The van der Waals surface area contributed by atoms with Gasteiger partial charge in [0, 0.05) is 24.3 Å². The van der Waals surface area contributed by atoms with Gasteiger partial charge >= 0.3 is 5.97 Å². The molecule has 0 radical (unpaired) electrons.